The van der Waals surface area contributed by atoms with Crippen molar-refractivity contribution < 1.29 is 0 Å². The number of halogens is 1. The molecule has 1 aliphatic carbocycles. The number of hydrogen-bond acceptors (Lipinski definition) is 1. The van der Waals surface area contributed by atoms with E-state index in [1.165, 1.54) is 43.4 Å². The first-order valence-electron chi connectivity index (χ1n) is 5.94. The van der Waals surface area contributed by atoms with E-state index in [4.69, 9.17) is 0 Å². The Kier molecular flexibility index (Phi) is 4.27. The molecular formula is C13H19BrS. The van der Waals surface area contributed by atoms with Crippen molar-refractivity contribution in [3.8, 4) is 0 Å². The van der Waals surface area contributed by atoms with Crippen LogP contribution in [0.15, 0.2) is 11.4 Å². The Morgan fingerprint density at radius 3 is 2.87 bits per heavy atom. The minimum Gasteiger partial charge on any atom is -0.149 e. The molecule has 0 aliphatic heterocycles. The van der Waals surface area contributed by atoms with Gasteiger partial charge in [0.15, 0.2) is 0 Å². The molecule has 1 fully saturated rings. The third-order valence-corrected chi connectivity index (χ3v) is 5.46. The number of hydrogen-bond donors (Lipinski definition) is 0. The molecule has 0 amide bonds. The maximum absolute atomic E-state index is 3.87. The van der Waals surface area contributed by atoms with Crippen molar-refractivity contribution in [2.24, 2.45) is 5.92 Å². The molecule has 15 heavy (non-hydrogen) atoms. The third-order valence-electron chi connectivity index (χ3n) is 3.35. The quantitative estimate of drug-likeness (QED) is 0.533. The summed E-state index contributed by atoms with van der Waals surface area (Å²) in [5, 5.41) is 2.33. The topological polar surface area (TPSA) is 0 Å². The first kappa shape index (κ1) is 11.7. The van der Waals surface area contributed by atoms with Crippen LogP contribution in [0.1, 0.15) is 42.5 Å². The Bertz CT molecular complexity index is 305. The number of aryl methyl sites for hydroxylation is 1. The summed E-state index contributed by atoms with van der Waals surface area (Å²) < 4.78 is 0. The van der Waals surface area contributed by atoms with Gasteiger partial charge in [-0.3, -0.25) is 0 Å². The number of alkyl halides is 1. The number of rotatable bonds is 2. The normalized spacial score (nSPS) is 27.6. The second-order valence-corrected chi connectivity index (χ2v) is 6.98. The average Bonchev–Trinajstić information content (AvgIpc) is 2.50. The van der Waals surface area contributed by atoms with Gasteiger partial charge in [-0.05, 0) is 49.1 Å². The van der Waals surface area contributed by atoms with Gasteiger partial charge in [0.2, 0.25) is 0 Å². The van der Waals surface area contributed by atoms with Crippen molar-refractivity contribution in [3.05, 3.63) is 21.9 Å². The minimum atomic E-state index is 0.750. The van der Waals surface area contributed by atoms with Crippen molar-refractivity contribution in [2.75, 3.05) is 0 Å². The lowest BCUT2D eigenvalue weighted by atomic mass is 9.93. The molecule has 0 bridgehead atoms. The summed E-state index contributed by atoms with van der Waals surface area (Å²) in [5.41, 5.74) is 1.55. The van der Waals surface area contributed by atoms with E-state index in [9.17, 15) is 0 Å². The largest absolute Gasteiger partial charge is 0.149 e. The van der Waals surface area contributed by atoms with Gasteiger partial charge in [-0.15, -0.1) is 11.3 Å². The molecule has 2 unspecified atom stereocenters. The van der Waals surface area contributed by atoms with Gasteiger partial charge >= 0.3 is 0 Å². The van der Waals surface area contributed by atoms with Crippen molar-refractivity contribution in [1.82, 2.24) is 0 Å². The summed E-state index contributed by atoms with van der Waals surface area (Å²) in [6.45, 7) is 2.20. The van der Waals surface area contributed by atoms with Gasteiger partial charge in [-0.2, -0.15) is 0 Å². The van der Waals surface area contributed by atoms with Gasteiger partial charge in [0, 0.05) is 9.70 Å². The molecule has 1 aromatic heterocycles. The van der Waals surface area contributed by atoms with Gasteiger partial charge in [-0.25, -0.2) is 0 Å². The van der Waals surface area contributed by atoms with E-state index < -0.39 is 0 Å². The highest BCUT2D eigenvalue weighted by Gasteiger charge is 2.21. The van der Waals surface area contributed by atoms with E-state index in [0.29, 0.717) is 0 Å². The van der Waals surface area contributed by atoms with Gasteiger partial charge in [0.05, 0.1) is 0 Å². The first-order valence-corrected chi connectivity index (χ1v) is 7.73. The van der Waals surface area contributed by atoms with Crippen LogP contribution in [0, 0.1) is 12.8 Å². The summed E-state index contributed by atoms with van der Waals surface area (Å²) in [6.07, 6.45) is 8.32. The average molecular weight is 287 g/mol. The Morgan fingerprint density at radius 1 is 1.33 bits per heavy atom. The maximum Gasteiger partial charge on any atom is 0.0177 e. The van der Waals surface area contributed by atoms with Crippen molar-refractivity contribution >= 4 is 27.3 Å². The molecule has 1 saturated carbocycles. The highest BCUT2D eigenvalue weighted by Crippen LogP contribution is 2.32. The molecule has 1 aliphatic rings. The summed E-state index contributed by atoms with van der Waals surface area (Å²) >= 11 is 5.76. The lowest BCUT2D eigenvalue weighted by molar-refractivity contribution is 0.476. The first-order chi connectivity index (χ1) is 7.25. The van der Waals surface area contributed by atoms with Crippen LogP contribution >= 0.6 is 27.3 Å². The van der Waals surface area contributed by atoms with Crippen molar-refractivity contribution in [1.29, 1.82) is 0 Å². The highest BCUT2D eigenvalue weighted by atomic mass is 79.9. The summed E-state index contributed by atoms with van der Waals surface area (Å²) in [5.74, 6) is 0.862. The molecule has 0 aromatic carbocycles. The van der Waals surface area contributed by atoms with Gasteiger partial charge in [0.25, 0.3) is 0 Å². The molecule has 0 nitrogen and oxygen atoms in total. The van der Waals surface area contributed by atoms with Crippen LogP contribution in [-0.2, 0) is 6.42 Å². The van der Waals surface area contributed by atoms with E-state index >= 15 is 0 Å². The monoisotopic (exact) mass is 286 g/mol. The number of thiophene rings is 1. The van der Waals surface area contributed by atoms with Crippen LogP contribution in [0.2, 0.25) is 0 Å². The highest BCUT2D eigenvalue weighted by molar-refractivity contribution is 9.09. The zero-order chi connectivity index (χ0) is 10.7. The predicted molar refractivity (Wildman–Crippen MR) is 72.1 cm³/mol. The second-order valence-electron chi connectivity index (χ2n) is 4.68. The molecule has 0 radical (unpaired) electrons. The van der Waals surface area contributed by atoms with Crippen molar-refractivity contribution in [2.45, 2.75) is 50.3 Å². The zero-order valence-corrected chi connectivity index (χ0v) is 11.7. The fourth-order valence-corrected chi connectivity index (χ4v) is 3.97. The van der Waals surface area contributed by atoms with Crippen LogP contribution in [0.25, 0.3) is 0 Å². The molecule has 2 atom stereocenters. The zero-order valence-electron chi connectivity index (χ0n) is 9.34. The van der Waals surface area contributed by atoms with Crippen LogP contribution in [0.4, 0.5) is 0 Å². The molecule has 1 heterocycles. The Balaban J connectivity index is 1.97. The third kappa shape index (κ3) is 3.32. The van der Waals surface area contributed by atoms with Crippen molar-refractivity contribution in [3.63, 3.8) is 0 Å². The predicted octanol–water partition coefficient (Wildman–Crippen LogP) is 4.94. The van der Waals surface area contributed by atoms with Crippen LogP contribution in [-0.4, -0.2) is 4.83 Å². The Hall–Kier alpha value is 0.180. The smallest absolute Gasteiger partial charge is 0.0177 e. The molecule has 84 valence electrons. The Morgan fingerprint density at radius 2 is 2.13 bits per heavy atom. The summed E-state index contributed by atoms with van der Waals surface area (Å²) in [4.78, 5) is 2.20. The van der Waals surface area contributed by atoms with E-state index in [2.05, 4.69) is 34.3 Å². The molecule has 0 N–H and O–H groups in total. The lowest BCUT2D eigenvalue weighted by Gasteiger charge is -2.19. The van der Waals surface area contributed by atoms with E-state index in [0.717, 1.165) is 10.7 Å². The summed E-state index contributed by atoms with van der Waals surface area (Å²) in [7, 11) is 0. The Labute approximate surface area is 105 Å². The molecular weight excluding hydrogens is 268 g/mol. The second kappa shape index (κ2) is 5.49. The van der Waals surface area contributed by atoms with E-state index in [-0.39, 0.29) is 0 Å². The molecule has 2 heteroatoms. The van der Waals surface area contributed by atoms with Crippen LogP contribution in [0.5, 0.6) is 0 Å². The fraction of sp³-hybridized carbons (Fsp3) is 0.692. The summed E-state index contributed by atoms with van der Waals surface area (Å²) in [6, 6.07) is 2.36. The minimum absolute atomic E-state index is 0.750. The fourth-order valence-electron chi connectivity index (χ4n) is 2.48. The molecule has 0 spiro atoms. The van der Waals surface area contributed by atoms with E-state index in [1.54, 1.807) is 5.56 Å². The molecule has 0 saturated heterocycles. The van der Waals surface area contributed by atoms with Crippen LogP contribution < -0.4 is 0 Å². The molecule has 1 aromatic rings. The molecule has 2 rings (SSSR count). The van der Waals surface area contributed by atoms with E-state index in [1.807, 2.05) is 11.3 Å². The maximum atomic E-state index is 3.87. The van der Waals surface area contributed by atoms with Gasteiger partial charge in [0.1, 0.15) is 0 Å². The lowest BCUT2D eigenvalue weighted by Crippen LogP contribution is -2.15. The van der Waals surface area contributed by atoms with Gasteiger partial charge < -0.3 is 0 Å². The van der Waals surface area contributed by atoms with Crippen LogP contribution in [0.3, 0.4) is 0 Å². The van der Waals surface area contributed by atoms with Gasteiger partial charge in [-0.1, -0.05) is 35.2 Å². The SMILES string of the molecule is Cc1cc(CC2CCCCCC2Br)cs1. The standard InChI is InChI=1S/C13H19BrS/c1-10-7-11(9-15-10)8-12-5-3-2-4-6-13(12)14/h7,9,12-13H,2-6,8H2,1H3.